The molecule has 0 bridgehead atoms. The molecule has 0 aliphatic heterocycles. The highest BCUT2D eigenvalue weighted by Gasteiger charge is 2.13. The molecule has 0 aliphatic rings. The molecule has 0 atom stereocenters. The lowest BCUT2D eigenvalue weighted by Crippen LogP contribution is -2.24. The third kappa shape index (κ3) is 2.96. The summed E-state index contributed by atoms with van der Waals surface area (Å²) in [5, 5.41) is 5.66. The predicted octanol–water partition coefficient (Wildman–Crippen LogP) is 4.61. The maximum Gasteiger partial charge on any atom is 0.270 e. The zero-order valence-corrected chi connectivity index (χ0v) is 14.4. The summed E-state index contributed by atoms with van der Waals surface area (Å²) in [6, 6.07) is 17.3. The second-order valence-corrected chi connectivity index (χ2v) is 6.44. The summed E-state index contributed by atoms with van der Waals surface area (Å²) in [5.41, 5.74) is 4.18. The molecule has 124 valence electrons. The van der Waals surface area contributed by atoms with Crippen LogP contribution in [0, 0.1) is 6.92 Å². The van der Waals surface area contributed by atoms with Crippen molar-refractivity contribution >= 4 is 39.3 Å². The van der Waals surface area contributed by atoms with Crippen LogP contribution in [0.3, 0.4) is 0 Å². The zero-order chi connectivity index (χ0) is 17.4. The second kappa shape index (κ2) is 6.22. The maximum atomic E-state index is 12.5. The van der Waals surface area contributed by atoms with E-state index in [-0.39, 0.29) is 5.91 Å². The first kappa shape index (κ1) is 15.7. The molecule has 2 aromatic heterocycles. The number of aromatic nitrogens is 2. The van der Waals surface area contributed by atoms with E-state index in [0.29, 0.717) is 17.3 Å². The molecule has 4 aromatic rings. The Morgan fingerprint density at radius 1 is 1.12 bits per heavy atom. The molecule has 1 amide bonds. The highest BCUT2D eigenvalue weighted by atomic mass is 35.5. The molecule has 0 saturated carbocycles. The van der Waals surface area contributed by atoms with Crippen molar-refractivity contribution in [3.8, 4) is 0 Å². The molecule has 0 aliphatic carbocycles. The Labute approximate surface area is 149 Å². The molecule has 2 heterocycles. The minimum Gasteiger partial charge on any atom is -0.353 e. The monoisotopic (exact) mass is 349 g/mol. The molecule has 5 heteroatoms. The highest BCUT2D eigenvalue weighted by Crippen LogP contribution is 2.27. The van der Waals surface area contributed by atoms with E-state index in [4.69, 9.17) is 11.6 Å². The van der Waals surface area contributed by atoms with Gasteiger partial charge < -0.3 is 10.3 Å². The van der Waals surface area contributed by atoms with Gasteiger partial charge >= 0.3 is 0 Å². The van der Waals surface area contributed by atoms with Crippen molar-refractivity contribution in [2.24, 2.45) is 0 Å². The summed E-state index contributed by atoms with van der Waals surface area (Å²) in [6.07, 6.45) is 0. The SMILES string of the molecule is Cc1nc(C(=O)NCc2cccc(Cl)c2)cc2c1[nH]c1ccccc12. The van der Waals surface area contributed by atoms with Crippen LogP contribution in [-0.2, 0) is 6.54 Å². The molecule has 25 heavy (non-hydrogen) atoms. The number of carbonyl (C=O) groups is 1. The molecule has 4 rings (SSSR count). The number of carbonyl (C=O) groups excluding carboxylic acids is 1. The first-order valence-corrected chi connectivity index (χ1v) is 8.40. The number of H-pyrrole nitrogens is 1. The number of amides is 1. The summed E-state index contributed by atoms with van der Waals surface area (Å²) in [6.45, 7) is 2.32. The van der Waals surface area contributed by atoms with Gasteiger partial charge in [0.05, 0.1) is 11.2 Å². The fourth-order valence-corrected chi connectivity index (χ4v) is 3.25. The lowest BCUT2D eigenvalue weighted by molar-refractivity contribution is 0.0946. The molecule has 2 N–H and O–H groups in total. The first-order valence-electron chi connectivity index (χ1n) is 8.02. The van der Waals surface area contributed by atoms with E-state index in [2.05, 4.69) is 15.3 Å². The number of rotatable bonds is 3. The minimum atomic E-state index is -0.199. The van der Waals surface area contributed by atoms with Crippen molar-refractivity contribution in [2.75, 3.05) is 0 Å². The summed E-state index contributed by atoms with van der Waals surface area (Å²) >= 11 is 5.98. The topological polar surface area (TPSA) is 57.8 Å². The molecule has 0 spiro atoms. The smallest absolute Gasteiger partial charge is 0.270 e. The van der Waals surface area contributed by atoms with E-state index < -0.39 is 0 Å². The molecule has 0 fully saturated rings. The number of pyridine rings is 1. The summed E-state index contributed by atoms with van der Waals surface area (Å²) in [4.78, 5) is 20.4. The van der Waals surface area contributed by atoms with Gasteiger partial charge in [0.2, 0.25) is 0 Å². The second-order valence-electron chi connectivity index (χ2n) is 6.00. The van der Waals surface area contributed by atoms with Crippen molar-refractivity contribution in [3.05, 3.63) is 76.6 Å². The van der Waals surface area contributed by atoms with Gasteiger partial charge in [0.15, 0.2) is 0 Å². The van der Waals surface area contributed by atoms with Gasteiger partial charge in [-0.05, 0) is 36.8 Å². The van der Waals surface area contributed by atoms with Crippen LogP contribution in [0.25, 0.3) is 21.8 Å². The van der Waals surface area contributed by atoms with E-state index >= 15 is 0 Å². The third-order valence-corrected chi connectivity index (χ3v) is 4.49. The number of aryl methyl sites for hydroxylation is 1. The standard InChI is InChI=1S/C20H16ClN3O/c1-12-19-16(15-7-2-3-8-17(15)24-19)10-18(23-12)20(25)22-11-13-5-4-6-14(21)9-13/h2-10,24H,11H2,1H3,(H,22,25). The predicted molar refractivity (Wildman–Crippen MR) is 101 cm³/mol. The Morgan fingerprint density at radius 2 is 1.96 bits per heavy atom. The molecule has 0 saturated heterocycles. The van der Waals surface area contributed by atoms with Crippen LogP contribution in [0.2, 0.25) is 5.02 Å². The van der Waals surface area contributed by atoms with Crippen LogP contribution in [0.1, 0.15) is 21.7 Å². The lowest BCUT2D eigenvalue weighted by atomic mass is 10.1. The van der Waals surface area contributed by atoms with Crippen LogP contribution >= 0.6 is 11.6 Å². The van der Waals surface area contributed by atoms with Gasteiger partial charge in [0.1, 0.15) is 5.69 Å². The summed E-state index contributed by atoms with van der Waals surface area (Å²) < 4.78 is 0. The number of hydrogen-bond donors (Lipinski definition) is 2. The van der Waals surface area contributed by atoms with Crippen molar-refractivity contribution in [3.63, 3.8) is 0 Å². The Balaban J connectivity index is 1.66. The van der Waals surface area contributed by atoms with Crippen molar-refractivity contribution < 1.29 is 4.79 Å². The van der Waals surface area contributed by atoms with Gasteiger partial charge in [-0.2, -0.15) is 0 Å². The van der Waals surface area contributed by atoms with E-state index in [9.17, 15) is 4.79 Å². The number of nitrogens with one attached hydrogen (secondary N) is 2. The Kier molecular flexibility index (Phi) is 3.90. The number of aromatic amines is 1. The Morgan fingerprint density at radius 3 is 2.80 bits per heavy atom. The number of benzene rings is 2. The molecular formula is C20H16ClN3O. The van der Waals surface area contributed by atoms with Crippen LogP contribution in [-0.4, -0.2) is 15.9 Å². The molecule has 2 aromatic carbocycles. The first-order chi connectivity index (χ1) is 12.1. The number of fused-ring (bicyclic) bond motifs is 3. The van der Waals surface area contributed by atoms with Crippen LogP contribution in [0.4, 0.5) is 0 Å². The van der Waals surface area contributed by atoms with Crippen LogP contribution in [0.15, 0.2) is 54.6 Å². The van der Waals surface area contributed by atoms with Gasteiger partial charge in [-0.1, -0.05) is 41.9 Å². The summed E-state index contributed by atoms with van der Waals surface area (Å²) in [7, 11) is 0. The van der Waals surface area contributed by atoms with Gasteiger partial charge in [-0.3, -0.25) is 4.79 Å². The lowest BCUT2D eigenvalue weighted by Gasteiger charge is -2.07. The Bertz CT molecular complexity index is 1100. The minimum absolute atomic E-state index is 0.199. The highest BCUT2D eigenvalue weighted by molar-refractivity contribution is 6.30. The molecule has 4 nitrogen and oxygen atoms in total. The van der Waals surface area contributed by atoms with E-state index in [1.807, 2.05) is 61.5 Å². The quantitative estimate of drug-likeness (QED) is 0.567. The van der Waals surface area contributed by atoms with Crippen LogP contribution < -0.4 is 5.32 Å². The molecular weight excluding hydrogens is 334 g/mol. The van der Waals surface area contributed by atoms with E-state index in [0.717, 1.165) is 33.1 Å². The van der Waals surface area contributed by atoms with Crippen LogP contribution in [0.5, 0.6) is 0 Å². The number of para-hydroxylation sites is 1. The number of hydrogen-bond acceptors (Lipinski definition) is 2. The number of nitrogens with zero attached hydrogens (tertiary/aromatic N) is 1. The van der Waals surface area contributed by atoms with E-state index in [1.54, 1.807) is 0 Å². The maximum absolute atomic E-state index is 12.5. The fraction of sp³-hybridized carbons (Fsp3) is 0.100. The average molecular weight is 350 g/mol. The third-order valence-electron chi connectivity index (χ3n) is 4.25. The van der Waals surface area contributed by atoms with E-state index in [1.165, 1.54) is 0 Å². The van der Waals surface area contributed by atoms with Crippen molar-refractivity contribution in [2.45, 2.75) is 13.5 Å². The van der Waals surface area contributed by atoms with Gasteiger partial charge in [-0.25, -0.2) is 4.98 Å². The molecule has 0 unspecified atom stereocenters. The fourth-order valence-electron chi connectivity index (χ4n) is 3.04. The number of halogens is 1. The van der Waals surface area contributed by atoms with Gasteiger partial charge in [-0.15, -0.1) is 0 Å². The Hall–Kier alpha value is -2.85. The zero-order valence-electron chi connectivity index (χ0n) is 13.6. The largest absolute Gasteiger partial charge is 0.353 e. The summed E-state index contributed by atoms with van der Waals surface area (Å²) in [5.74, 6) is -0.199. The van der Waals surface area contributed by atoms with Gasteiger partial charge in [0, 0.05) is 27.9 Å². The average Bonchev–Trinajstić information content (AvgIpc) is 2.99. The van der Waals surface area contributed by atoms with Crippen molar-refractivity contribution in [1.29, 1.82) is 0 Å². The van der Waals surface area contributed by atoms with Gasteiger partial charge in [0.25, 0.3) is 5.91 Å². The normalized spacial score (nSPS) is 11.1. The van der Waals surface area contributed by atoms with Crippen molar-refractivity contribution in [1.82, 2.24) is 15.3 Å². The molecule has 0 radical (unpaired) electrons.